The van der Waals surface area contributed by atoms with E-state index in [0.717, 1.165) is 10.5 Å². The molecule has 1 unspecified atom stereocenters. The summed E-state index contributed by atoms with van der Waals surface area (Å²) in [5.41, 5.74) is 0.824. The van der Waals surface area contributed by atoms with Crippen LogP contribution in [0.1, 0.15) is 5.56 Å². The molecule has 1 aromatic heterocycles. The van der Waals surface area contributed by atoms with Gasteiger partial charge in [0.05, 0.1) is 0 Å². The minimum absolute atomic E-state index is 0.336. The van der Waals surface area contributed by atoms with Crippen LogP contribution in [0, 0.1) is 0 Å². The first-order valence-corrected chi connectivity index (χ1v) is 6.01. The highest BCUT2D eigenvalue weighted by Crippen LogP contribution is 2.13. The zero-order chi connectivity index (χ0) is 14.7. The van der Waals surface area contributed by atoms with E-state index in [0.29, 0.717) is 5.84 Å². The van der Waals surface area contributed by atoms with Crippen molar-refractivity contribution in [3.63, 3.8) is 0 Å². The molecular formula is C13H15N5O2. The summed E-state index contributed by atoms with van der Waals surface area (Å²) >= 11 is 0. The molecule has 2 rings (SSSR count). The molecule has 20 heavy (non-hydrogen) atoms. The van der Waals surface area contributed by atoms with Crippen LogP contribution < -0.4 is 0 Å². The molecular weight excluding hydrogens is 258 g/mol. The van der Waals surface area contributed by atoms with Crippen molar-refractivity contribution in [2.75, 3.05) is 21.1 Å². The van der Waals surface area contributed by atoms with Crippen LogP contribution in [0.25, 0.3) is 0 Å². The summed E-state index contributed by atoms with van der Waals surface area (Å²) in [7, 11) is 4.54. The van der Waals surface area contributed by atoms with Gasteiger partial charge >= 0.3 is 6.03 Å². The molecule has 7 heteroatoms. The molecule has 0 aliphatic carbocycles. The Labute approximate surface area is 116 Å². The summed E-state index contributed by atoms with van der Waals surface area (Å²) < 4.78 is 0. The topological polar surface area (TPSA) is 78.2 Å². The number of hydrogen-bond acceptors (Lipinski definition) is 5. The first-order chi connectivity index (χ1) is 9.56. The van der Waals surface area contributed by atoms with Crippen LogP contribution in [0.5, 0.6) is 0 Å². The minimum Gasteiger partial charge on any atom is -0.283 e. The number of hydrogen-bond donors (Lipinski definition) is 0. The highest BCUT2D eigenvalue weighted by molar-refractivity contribution is 6.20. The van der Waals surface area contributed by atoms with Crippen molar-refractivity contribution < 1.29 is 9.59 Å². The minimum atomic E-state index is -0.805. The Kier molecular flexibility index (Phi) is 3.88. The van der Waals surface area contributed by atoms with E-state index in [2.05, 4.69) is 15.0 Å². The van der Waals surface area contributed by atoms with Gasteiger partial charge in [0, 0.05) is 39.8 Å². The zero-order valence-corrected chi connectivity index (χ0v) is 11.5. The van der Waals surface area contributed by atoms with E-state index < -0.39 is 12.1 Å². The number of amidine groups is 1. The molecule has 7 nitrogen and oxygen atoms in total. The van der Waals surface area contributed by atoms with Crippen LogP contribution in [0.3, 0.4) is 0 Å². The number of carbonyl (C=O) groups excluding carboxylic acids is 2. The summed E-state index contributed by atoms with van der Waals surface area (Å²) in [5.74, 6) is -0.0533. The second-order valence-corrected chi connectivity index (χ2v) is 4.28. The number of urea groups is 1. The maximum Gasteiger partial charge on any atom is 0.331 e. The van der Waals surface area contributed by atoms with Crippen LogP contribution in [0.15, 0.2) is 34.5 Å². The van der Waals surface area contributed by atoms with Crippen molar-refractivity contribution in [1.29, 1.82) is 0 Å². The van der Waals surface area contributed by atoms with Gasteiger partial charge in [0.1, 0.15) is 5.84 Å². The van der Waals surface area contributed by atoms with Gasteiger partial charge in [-0.2, -0.15) is 0 Å². The van der Waals surface area contributed by atoms with Crippen molar-refractivity contribution in [2.24, 2.45) is 9.98 Å². The van der Waals surface area contributed by atoms with Gasteiger partial charge in [0.2, 0.25) is 0 Å². The third kappa shape index (κ3) is 2.42. The Morgan fingerprint density at radius 1 is 1.20 bits per heavy atom. The fourth-order valence-electron chi connectivity index (χ4n) is 1.91. The predicted molar refractivity (Wildman–Crippen MR) is 74.9 cm³/mol. The predicted octanol–water partition coefficient (Wildman–Crippen LogP) is 0.421. The van der Waals surface area contributed by atoms with Gasteiger partial charge in [-0.1, -0.05) is 0 Å². The van der Waals surface area contributed by atoms with Gasteiger partial charge in [-0.25, -0.2) is 4.79 Å². The lowest BCUT2D eigenvalue weighted by molar-refractivity contribution is -0.128. The van der Waals surface area contributed by atoms with E-state index in [9.17, 15) is 9.59 Å². The number of nitrogens with zero attached hydrogens (tertiary/aromatic N) is 5. The largest absolute Gasteiger partial charge is 0.331 e. The first-order valence-electron chi connectivity index (χ1n) is 6.01. The van der Waals surface area contributed by atoms with Gasteiger partial charge in [0.15, 0.2) is 6.04 Å². The highest BCUT2D eigenvalue weighted by atomic mass is 16.2. The molecule has 2 heterocycles. The fourth-order valence-corrected chi connectivity index (χ4v) is 1.91. The number of aliphatic imine (C=N–C) groups is 2. The highest BCUT2D eigenvalue weighted by Gasteiger charge is 2.40. The number of pyridine rings is 1. The first kappa shape index (κ1) is 13.9. The zero-order valence-electron chi connectivity index (χ0n) is 11.5. The van der Waals surface area contributed by atoms with Crippen molar-refractivity contribution in [2.45, 2.75) is 6.04 Å². The molecule has 1 fully saturated rings. The molecule has 1 aliphatic heterocycles. The molecule has 0 spiro atoms. The maximum atomic E-state index is 12.1. The van der Waals surface area contributed by atoms with Gasteiger partial charge in [-0.15, -0.1) is 0 Å². The molecule has 0 bridgehead atoms. The summed E-state index contributed by atoms with van der Waals surface area (Å²) in [6.45, 7) is 0. The van der Waals surface area contributed by atoms with E-state index >= 15 is 0 Å². The number of imide groups is 1. The number of likely N-dealkylation sites (N-methyl/N-ethyl adjacent to an activating group) is 2. The Morgan fingerprint density at radius 3 is 2.45 bits per heavy atom. The lowest BCUT2D eigenvalue weighted by Gasteiger charge is -2.33. The monoisotopic (exact) mass is 273 g/mol. The lowest BCUT2D eigenvalue weighted by Crippen LogP contribution is -2.59. The maximum absolute atomic E-state index is 12.1. The summed E-state index contributed by atoms with van der Waals surface area (Å²) in [4.78, 5) is 38.5. The van der Waals surface area contributed by atoms with Crippen LogP contribution in [0.2, 0.25) is 0 Å². The van der Waals surface area contributed by atoms with E-state index in [1.165, 1.54) is 19.0 Å². The molecule has 3 amide bonds. The second kappa shape index (κ2) is 5.60. The fraction of sp³-hybridized carbons (Fsp3) is 0.308. The standard InChI is InChI=1S/C13H15N5O2/c1-14-11-10(12(19)18(3)13(20)17(11)2)16-8-9-4-6-15-7-5-9/h4-8,10H,1-3H3. The number of rotatable bonds is 2. The average molecular weight is 273 g/mol. The van der Waals surface area contributed by atoms with E-state index in [-0.39, 0.29) is 5.91 Å². The quantitative estimate of drug-likeness (QED) is 0.733. The molecule has 1 atom stereocenters. The smallest absolute Gasteiger partial charge is 0.283 e. The van der Waals surface area contributed by atoms with Gasteiger partial charge in [-0.05, 0) is 17.7 Å². The molecule has 0 aromatic carbocycles. The molecule has 0 saturated carbocycles. The Bertz CT molecular complexity index is 582. The van der Waals surface area contributed by atoms with Gasteiger partial charge in [0.25, 0.3) is 5.91 Å². The van der Waals surface area contributed by atoms with Crippen LogP contribution in [-0.2, 0) is 4.79 Å². The van der Waals surface area contributed by atoms with E-state index in [1.54, 1.807) is 37.8 Å². The van der Waals surface area contributed by atoms with Crippen LogP contribution in [-0.4, -0.2) is 66.0 Å². The SMILES string of the molecule is CN=C1C(N=Cc2ccncc2)C(=O)N(C)C(=O)N1C. The molecule has 0 radical (unpaired) electrons. The Balaban J connectivity index is 2.31. The van der Waals surface area contributed by atoms with Crippen LogP contribution in [0.4, 0.5) is 4.79 Å². The summed E-state index contributed by atoms with van der Waals surface area (Å²) in [6, 6.07) is 2.34. The normalized spacial score (nSPS) is 22.1. The molecule has 1 saturated heterocycles. The molecule has 1 aliphatic rings. The van der Waals surface area contributed by atoms with Crippen molar-refractivity contribution in [3.8, 4) is 0 Å². The van der Waals surface area contributed by atoms with Crippen molar-refractivity contribution in [3.05, 3.63) is 30.1 Å². The van der Waals surface area contributed by atoms with E-state index in [1.807, 2.05) is 0 Å². The summed E-state index contributed by atoms with van der Waals surface area (Å²) in [6.07, 6.45) is 4.86. The summed E-state index contributed by atoms with van der Waals surface area (Å²) in [5, 5.41) is 0. The molecule has 0 N–H and O–H groups in total. The number of amides is 3. The second-order valence-electron chi connectivity index (χ2n) is 4.28. The van der Waals surface area contributed by atoms with Crippen molar-refractivity contribution >= 4 is 24.0 Å². The Morgan fingerprint density at radius 2 is 1.85 bits per heavy atom. The van der Waals surface area contributed by atoms with Gasteiger partial charge in [-0.3, -0.25) is 29.6 Å². The number of carbonyl (C=O) groups is 2. The van der Waals surface area contributed by atoms with Crippen molar-refractivity contribution in [1.82, 2.24) is 14.8 Å². The van der Waals surface area contributed by atoms with E-state index in [4.69, 9.17) is 0 Å². The molecule has 104 valence electrons. The lowest BCUT2D eigenvalue weighted by atomic mass is 10.1. The molecule has 1 aromatic rings. The van der Waals surface area contributed by atoms with Crippen LogP contribution >= 0.6 is 0 Å². The number of aromatic nitrogens is 1. The third-order valence-electron chi connectivity index (χ3n) is 3.03. The third-order valence-corrected chi connectivity index (χ3v) is 3.03. The Hall–Kier alpha value is -2.57. The average Bonchev–Trinajstić information content (AvgIpc) is 2.48. The van der Waals surface area contributed by atoms with Gasteiger partial charge < -0.3 is 0 Å².